The Balaban J connectivity index is 2.53. The Morgan fingerprint density at radius 2 is 2.15 bits per heavy atom. The van der Waals surface area contributed by atoms with E-state index in [2.05, 4.69) is 17.3 Å². The lowest BCUT2D eigenvalue weighted by Gasteiger charge is -2.31. The molecule has 1 fully saturated rings. The van der Waals surface area contributed by atoms with Crippen LogP contribution in [0.4, 0.5) is 0 Å². The van der Waals surface area contributed by atoms with E-state index in [1.807, 2.05) is 7.05 Å². The molecule has 2 N–H and O–H groups in total. The second-order valence-corrected chi connectivity index (χ2v) is 4.16. The average molecular weight is 186 g/mol. The molecule has 1 heterocycles. The second-order valence-electron chi connectivity index (χ2n) is 4.16. The number of rotatable bonds is 3. The van der Waals surface area contributed by atoms with Gasteiger partial charge in [-0.25, -0.2) is 0 Å². The molecule has 1 atom stereocenters. The fourth-order valence-electron chi connectivity index (χ4n) is 2.17. The van der Waals surface area contributed by atoms with Crippen molar-refractivity contribution >= 4 is 0 Å². The zero-order chi connectivity index (χ0) is 9.73. The molecule has 0 radical (unpaired) electrons. The van der Waals surface area contributed by atoms with Crippen LogP contribution in [0.5, 0.6) is 0 Å². The van der Waals surface area contributed by atoms with Crippen molar-refractivity contribution in [1.29, 1.82) is 0 Å². The third-order valence-corrected chi connectivity index (χ3v) is 3.29. The van der Waals surface area contributed by atoms with Crippen molar-refractivity contribution in [2.75, 3.05) is 33.8 Å². The zero-order valence-corrected chi connectivity index (χ0v) is 8.84. The molecule has 13 heavy (non-hydrogen) atoms. The van der Waals surface area contributed by atoms with Gasteiger partial charge in [-0.2, -0.15) is 0 Å². The maximum Gasteiger partial charge on any atom is 0.0448 e. The summed E-state index contributed by atoms with van der Waals surface area (Å²) in [6.07, 6.45) is 4.46. The minimum absolute atomic E-state index is 0.194. The highest BCUT2D eigenvalue weighted by Gasteiger charge is 2.29. The molecule has 0 amide bonds. The van der Waals surface area contributed by atoms with Crippen LogP contribution in [-0.4, -0.2) is 49.3 Å². The van der Waals surface area contributed by atoms with E-state index in [1.165, 1.54) is 19.4 Å². The lowest BCUT2D eigenvalue weighted by atomic mass is 9.87. The quantitative estimate of drug-likeness (QED) is 0.671. The Hall–Kier alpha value is -0.120. The van der Waals surface area contributed by atoms with Crippen molar-refractivity contribution in [3.8, 4) is 0 Å². The molecular weight excluding hydrogens is 164 g/mol. The molecule has 0 bridgehead atoms. The SMILES string of the molecule is CNC1(CCO)CCCN(C)CC1. The van der Waals surface area contributed by atoms with Crippen LogP contribution < -0.4 is 5.32 Å². The van der Waals surface area contributed by atoms with Gasteiger partial charge in [0.1, 0.15) is 0 Å². The minimum atomic E-state index is 0.194. The highest BCUT2D eigenvalue weighted by atomic mass is 16.3. The largest absolute Gasteiger partial charge is 0.396 e. The first kappa shape index (κ1) is 11.0. The molecular formula is C10H22N2O. The van der Waals surface area contributed by atoms with E-state index in [1.54, 1.807) is 0 Å². The molecule has 1 unspecified atom stereocenters. The summed E-state index contributed by atoms with van der Waals surface area (Å²) in [6.45, 7) is 2.63. The molecule has 1 aliphatic rings. The van der Waals surface area contributed by atoms with Gasteiger partial charge in [-0.15, -0.1) is 0 Å². The van der Waals surface area contributed by atoms with E-state index in [0.717, 1.165) is 19.4 Å². The van der Waals surface area contributed by atoms with E-state index < -0.39 is 0 Å². The Bertz CT molecular complexity index is 152. The summed E-state index contributed by atoms with van der Waals surface area (Å²) >= 11 is 0. The van der Waals surface area contributed by atoms with Crippen molar-refractivity contribution in [2.45, 2.75) is 31.2 Å². The van der Waals surface area contributed by atoms with Crippen LogP contribution in [0, 0.1) is 0 Å². The Labute approximate surface area is 81.1 Å². The first-order valence-corrected chi connectivity index (χ1v) is 5.21. The second kappa shape index (κ2) is 4.94. The standard InChI is InChI=1S/C10H22N2O/c1-11-10(6-9-13)4-3-7-12(2)8-5-10/h11,13H,3-9H2,1-2H3. The molecule has 0 aromatic carbocycles. The highest BCUT2D eigenvalue weighted by Crippen LogP contribution is 2.24. The molecule has 0 saturated carbocycles. The normalized spacial score (nSPS) is 31.6. The number of aliphatic hydroxyl groups excluding tert-OH is 1. The summed E-state index contributed by atoms with van der Waals surface area (Å²) in [4.78, 5) is 2.37. The molecule has 0 aromatic rings. The first-order valence-electron chi connectivity index (χ1n) is 5.21. The predicted molar refractivity (Wildman–Crippen MR) is 54.8 cm³/mol. The van der Waals surface area contributed by atoms with Gasteiger partial charge >= 0.3 is 0 Å². The molecule has 3 nitrogen and oxygen atoms in total. The molecule has 0 aromatic heterocycles. The number of nitrogens with zero attached hydrogens (tertiary/aromatic N) is 1. The zero-order valence-electron chi connectivity index (χ0n) is 8.84. The fraction of sp³-hybridized carbons (Fsp3) is 1.00. The van der Waals surface area contributed by atoms with E-state index in [4.69, 9.17) is 5.11 Å². The number of aliphatic hydroxyl groups is 1. The van der Waals surface area contributed by atoms with Crippen LogP contribution in [0.15, 0.2) is 0 Å². The Morgan fingerprint density at radius 3 is 2.77 bits per heavy atom. The molecule has 1 rings (SSSR count). The summed E-state index contributed by atoms with van der Waals surface area (Å²) in [5.74, 6) is 0. The third kappa shape index (κ3) is 2.93. The lowest BCUT2D eigenvalue weighted by molar-refractivity contribution is 0.198. The van der Waals surface area contributed by atoms with Gasteiger partial charge in [-0.05, 0) is 52.9 Å². The molecule has 1 saturated heterocycles. The van der Waals surface area contributed by atoms with Gasteiger partial charge < -0.3 is 15.3 Å². The van der Waals surface area contributed by atoms with Crippen LogP contribution in [0.3, 0.4) is 0 Å². The number of hydrogen-bond acceptors (Lipinski definition) is 3. The Morgan fingerprint density at radius 1 is 1.38 bits per heavy atom. The number of likely N-dealkylation sites (tertiary alicyclic amines) is 1. The van der Waals surface area contributed by atoms with Crippen LogP contribution in [-0.2, 0) is 0 Å². The van der Waals surface area contributed by atoms with Gasteiger partial charge in [0.25, 0.3) is 0 Å². The van der Waals surface area contributed by atoms with Crippen LogP contribution in [0.1, 0.15) is 25.7 Å². The van der Waals surface area contributed by atoms with Crippen LogP contribution in [0.25, 0.3) is 0 Å². The summed E-state index contributed by atoms with van der Waals surface area (Å²) in [6, 6.07) is 0. The fourth-order valence-corrected chi connectivity index (χ4v) is 2.17. The van der Waals surface area contributed by atoms with Gasteiger partial charge in [0.15, 0.2) is 0 Å². The number of hydrogen-bond donors (Lipinski definition) is 2. The van der Waals surface area contributed by atoms with Crippen molar-refractivity contribution in [3.63, 3.8) is 0 Å². The maximum absolute atomic E-state index is 9.02. The van der Waals surface area contributed by atoms with Crippen molar-refractivity contribution in [3.05, 3.63) is 0 Å². The van der Waals surface area contributed by atoms with E-state index in [9.17, 15) is 0 Å². The Kier molecular flexibility index (Phi) is 4.16. The first-order chi connectivity index (χ1) is 6.22. The summed E-state index contributed by atoms with van der Waals surface area (Å²) in [5, 5.41) is 12.4. The predicted octanol–water partition coefficient (Wildman–Crippen LogP) is 0.443. The van der Waals surface area contributed by atoms with Gasteiger partial charge in [-0.1, -0.05) is 0 Å². The monoisotopic (exact) mass is 186 g/mol. The van der Waals surface area contributed by atoms with Crippen molar-refractivity contribution < 1.29 is 5.11 Å². The van der Waals surface area contributed by atoms with Gasteiger partial charge in [-0.3, -0.25) is 0 Å². The van der Waals surface area contributed by atoms with Gasteiger partial charge in [0.2, 0.25) is 0 Å². The van der Waals surface area contributed by atoms with Crippen molar-refractivity contribution in [2.24, 2.45) is 0 Å². The average Bonchev–Trinajstić information content (AvgIpc) is 2.30. The lowest BCUT2D eigenvalue weighted by Crippen LogP contribution is -2.44. The van der Waals surface area contributed by atoms with E-state index in [-0.39, 0.29) is 5.54 Å². The molecule has 3 heteroatoms. The maximum atomic E-state index is 9.02. The van der Waals surface area contributed by atoms with Gasteiger partial charge in [0, 0.05) is 12.1 Å². The smallest absolute Gasteiger partial charge is 0.0448 e. The molecule has 0 aliphatic carbocycles. The van der Waals surface area contributed by atoms with Crippen LogP contribution in [0.2, 0.25) is 0 Å². The van der Waals surface area contributed by atoms with Gasteiger partial charge in [0.05, 0.1) is 0 Å². The molecule has 78 valence electrons. The number of nitrogens with one attached hydrogen (secondary N) is 1. The topological polar surface area (TPSA) is 35.5 Å². The summed E-state index contributed by atoms with van der Waals surface area (Å²) in [7, 11) is 4.19. The summed E-state index contributed by atoms with van der Waals surface area (Å²) in [5.41, 5.74) is 0.194. The van der Waals surface area contributed by atoms with Crippen LogP contribution >= 0.6 is 0 Å². The van der Waals surface area contributed by atoms with E-state index >= 15 is 0 Å². The summed E-state index contributed by atoms with van der Waals surface area (Å²) < 4.78 is 0. The molecule has 0 spiro atoms. The minimum Gasteiger partial charge on any atom is -0.396 e. The van der Waals surface area contributed by atoms with E-state index in [0.29, 0.717) is 6.61 Å². The molecule has 1 aliphatic heterocycles. The van der Waals surface area contributed by atoms with Crippen molar-refractivity contribution in [1.82, 2.24) is 10.2 Å². The third-order valence-electron chi connectivity index (χ3n) is 3.29. The highest BCUT2D eigenvalue weighted by molar-refractivity contribution is 4.89.